The van der Waals surface area contributed by atoms with Gasteiger partial charge in [0, 0.05) is 0 Å². The molecule has 6 heteroatoms. The fourth-order valence-electron chi connectivity index (χ4n) is 1.26. The van der Waals surface area contributed by atoms with E-state index in [9.17, 15) is 9.59 Å². The van der Waals surface area contributed by atoms with E-state index in [0.717, 1.165) is 0 Å². The average Bonchev–Trinajstić information content (AvgIpc) is 2.43. The molecular formula is C10H15N2O4+. The minimum absolute atomic E-state index is 0.0590. The molecule has 0 bridgehead atoms. The molecule has 1 aliphatic rings. The van der Waals surface area contributed by atoms with Crippen molar-refractivity contribution in [2.75, 3.05) is 6.61 Å². The zero-order chi connectivity index (χ0) is 12.3. The van der Waals surface area contributed by atoms with Gasteiger partial charge in [0.05, 0.1) is 0 Å². The van der Waals surface area contributed by atoms with Crippen LogP contribution in [0.5, 0.6) is 0 Å². The number of esters is 1. The van der Waals surface area contributed by atoms with E-state index >= 15 is 0 Å². The maximum absolute atomic E-state index is 11.4. The van der Waals surface area contributed by atoms with E-state index in [1.807, 2.05) is 0 Å². The largest absolute Gasteiger partial charge is 0.457 e. The first-order valence-electron chi connectivity index (χ1n) is 4.89. The van der Waals surface area contributed by atoms with Gasteiger partial charge < -0.3 is 14.8 Å². The molecule has 1 aliphatic heterocycles. The van der Waals surface area contributed by atoms with E-state index in [4.69, 9.17) is 16.0 Å². The summed E-state index contributed by atoms with van der Waals surface area (Å²) in [5.74, 6) is -0.538. The quantitative estimate of drug-likeness (QED) is 0.672. The molecular weight excluding hydrogens is 212 g/mol. The maximum atomic E-state index is 11.4. The standard InChI is InChI=1S/C10H14N2O4/c1-10(2,3)16-9(14)12-6-5-15-8(13)7(6)11-4/h4,6-7H,5H2,1-3H3/p+1/t6-,7+/m1/s1. The highest BCUT2D eigenvalue weighted by Gasteiger charge is 2.46. The van der Waals surface area contributed by atoms with Crippen LogP contribution in [0.4, 0.5) is 4.79 Å². The van der Waals surface area contributed by atoms with Crippen LogP contribution in [0, 0.1) is 6.57 Å². The smallest absolute Gasteiger partial charge is 0.408 e. The number of carbonyl (C=O) groups excluding carboxylic acids is 2. The first-order chi connectivity index (χ1) is 7.33. The molecule has 1 saturated heterocycles. The Labute approximate surface area is 93.7 Å². The Hall–Kier alpha value is -1.77. The number of alkyl carbamates (subject to hydrolysis) is 1. The summed E-state index contributed by atoms with van der Waals surface area (Å²) in [5.41, 5.74) is -0.594. The van der Waals surface area contributed by atoms with Crippen molar-refractivity contribution in [1.29, 1.82) is 0 Å². The third-order valence-corrected chi connectivity index (χ3v) is 1.89. The van der Waals surface area contributed by atoms with Gasteiger partial charge in [0.2, 0.25) is 0 Å². The van der Waals surface area contributed by atoms with E-state index in [-0.39, 0.29) is 6.61 Å². The van der Waals surface area contributed by atoms with Gasteiger partial charge in [0.1, 0.15) is 12.2 Å². The highest BCUT2D eigenvalue weighted by Crippen LogP contribution is 2.13. The van der Waals surface area contributed by atoms with Crippen molar-refractivity contribution in [3.05, 3.63) is 4.85 Å². The molecule has 0 saturated carbocycles. The van der Waals surface area contributed by atoms with Gasteiger partial charge in [-0.05, 0) is 20.8 Å². The monoisotopic (exact) mass is 227 g/mol. The van der Waals surface area contributed by atoms with Crippen molar-refractivity contribution in [3.8, 4) is 6.57 Å². The van der Waals surface area contributed by atoms with Crippen LogP contribution in [0.25, 0.3) is 4.85 Å². The van der Waals surface area contributed by atoms with E-state index in [2.05, 4.69) is 10.2 Å². The maximum Gasteiger partial charge on any atom is 0.408 e. The molecule has 2 atom stereocenters. The van der Waals surface area contributed by atoms with Crippen LogP contribution >= 0.6 is 0 Å². The van der Waals surface area contributed by atoms with E-state index in [0.29, 0.717) is 0 Å². The molecule has 0 aromatic carbocycles. The van der Waals surface area contributed by atoms with Crippen molar-refractivity contribution < 1.29 is 19.1 Å². The molecule has 0 aromatic rings. The predicted molar refractivity (Wildman–Crippen MR) is 56.2 cm³/mol. The number of rotatable bonds is 1. The zero-order valence-electron chi connectivity index (χ0n) is 9.52. The molecule has 16 heavy (non-hydrogen) atoms. The highest BCUT2D eigenvalue weighted by molar-refractivity contribution is 5.82. The molecule has 88 valence electrons. The Kier molecular flexibility index (Phi) is 3.38. The van der Waals surface area contributed by atoms with Gasteiger partial charge in [-0.25, -0.2) is 9.59 Å². The molecule has 1 rings (SSSR count). The number of ether oxygens (including phenoxy) is 2. The number of amides is 1. The molecule has 0 radical (unpaired) electrons. The number of hydrogen-bond donors (Lipinski definition) is 1. The van der Waals surface area contributed by atoms with Crippen LogP contribution in [0.1, 0.15) is 20.8 Å². The van der Waals surface area contributed by atoms with E-state index < -0.39 is 29.7 Å². The highest BCUT2D eigenvalue weighted by atomic mass is 16.6. The topological polar surface area (TPSA) is 69.0 Å². The second kappa shape index (κ2) is 4.39. The summed E-state index contributed by atoms with van der Waals surface area (Å²) in [6, 6.07) is -1.42. The number of hydrogen-bond acceptors (Lipinski definition) is 4. The molecule has 1 heterocycles. The van der Waals surface area contributed by atoms with Gasteiger partial charge in [-0.15, -0.1) is 0 Å². The Balaban J connectivity index is 2.53. The first-order valence-corrected chi connectivity index (χ1v) is 4.89. The number of nitrogens with zero attached hydrogens (tertiary/aromatic N) is 1. The van der Waals surface area contributed by atoms with Crippen molar-refractivity contribution in [2.45, 2.75) is 38.5 Å². The van der Waals surface area contributed by atoms with Gasteiger partial charge in [-0.1, -0.05) is 4.85 Å². The summed E-state index contributed by atoms with van der Waals surface area (Å²) in [4.78, 5) is 25.8. The Bertz CT molecular complexity index is 340. The van der Waals surface area contributed by atoms with Crippen LogP contribution in [0.15, 0.2) is 0 Å². The van der Waals surface area contributed by atoms with E-state index in [1.54, 1.807) is 20.8 Å². The average molecular weight is 227 g/mol. The Morgan fingerprint density at radius 1 is 1.62 bits per heavy atom. The molecule has 0 unspecified atom stereocenters. The van der Waals surface area contributed by atoms with Crippen molar-refractivity contribution in [2.24, 2.45) is 0 Å². The third kappa shape index (κ3) is 3.12. The zero-order valence-corrected chi connectivity index (χ0v) is 9.52. The third-order valence-electron chi connectivity index (χ3n) is 1.89. The minimum Gasteiger partial charge on any atom is -0.457 e. The summed E-state index contributed by atoms with van der Waals surface area (Å²) in [7, 11) is 0. The SMILES string of the molecule is C#[N+][C@@H]1C(=O)OC[C@H]1NC(=O)OC(C)(C)C. The van der Waals surface area contributed by atoms with Gasteiger partial charge in [0.25, 0.3) is 6.57 Å². The molecule has 0 spiro atoms. The summed E-state index contributed by atoms with van der Waals surface area (Å²) in [6.07, 6.45) is -0.621. The fourth-order valence-corrected chi connectivity index (χ4v) is 1.26. The summed E-state index contributed by atoms with van der Waals surface area (Å²) in [5, 5.41) is 2.49. The molecule has 0 aromatic heterocycles. The fraction of sp³-hybridized carbons (Fsp3) is 0.700. The Morgan fingerprint density at radius 2 is 2.25 bits per heavy atom. The van der Waals surface area contributed by atoms with Crippen molar-refractivity contribution in [3.63, 3.8) is 0 Å². The molecule has 0 aliphatic carbocycles. The van der Waals surface area contributed by atoms with Crippen LogP contribution in [-0.2, 0) is 14.3 Å². The van der Waals surface area contributed by atoms with Gasteiger partial charge in [-0.3, -0.25) is 0 Å². The van der Waals surface area contributed by atoms with Gasteiger partial charge >= 0.3 is 18.1 Å². The molecule has 1 amide bonds. The van der Waals surface area contributed by atoms with Crippen molar-refractivity contribution in [1.82, 2.24) is 5.32 Å². The second-order valence-corrected chi connectivity index (χ2v) is 4.48. The summed E-state index contributed by atoms with van der Waals surface area (Å²) < 4.78 is 9.75. The lowest BCUT2D eigenvalue weighted by atomic mass is 10.2. The van der Waals surface area contributed by atoms with Crippen molar-refractivity contribution >= 4 is 12.1 Å². The van der Waals surface area contributed by atoms with Gasteiger partial charge in [-0.2, -0.15) is 0 Å². The van der Waals surface area contributed by atoms with Crippen LogP contribution in [0.2, 0.25) is 0 Å². The molecule has 6 nitrogen and oxygen atoms in total. The molecule has 1 N–H and O–H groups in total. The normalized spacial score (nSPS) is 24.5. The lowest BCUT2D eigenvalue weighted by Gasteiger charge is -2.20. The lowest BCUT2D eigenvalue weighted by Crippen LogP contribution is -2.44. The van der Waals surface area contributed by atoms with Crippen LogP contribution in [-0.4, -0.2) is 36.4 Å². The Morgan fingerprint density at radius 3 is 2.75 bits per heavy atom. The minimum atomic E-state index is -0.854. The number of nitrogens with one attached hydrogen (secondary N) is 1. The van der Waals surface area contributed by atoms with Crippen LogP contribution < -0.4 is 5.32 Å². The van der Waals surface area contributed by atoms with Gasteiger partial charge in [0.15, 0.2) is 6.04 Å². The first kappa shape index (κ1) is 12.3. The second-order valence-electron chi connectivity index (χ2n) is 4.48. The lowest BCUT2D eigenvalue weighted by molar-refractivity contribution is -0.138. The summed E-state index contributed by atoms with van der Waals surface area (Å²) in [6.45, 7) is 10.3. The summed E-state index contributed by atoms with van der Waals surface area (Å²) >= 11 is 0. The van der Waals surface area contributed by atoms with Crippen LogP contribution in [0.3, 0.4) is 0 Å². The van der Waals surface area contributed by atoms with E-state index in [1.165, 1.54) is 0 Å². The predicted octanol–water partition coefficient (Wildman–Crippen LogP) is 0.768. The molecule has 1 fully saturated rings. The number of cyclic esters (lactones) is 1. The number of carbonyl (C=O) groups is 2.